The molecule has 0 unspecified atom stereocenters. The van der Waals surface area contributed by atoms with Gasteiger partial charge in [0.2, 0.25) is 0 Å². The minimum atomic E-state index is -4.16. The summed E-state index contributed by atoms with van der Waals surface area (Å²) in [6, 6.07) is 0. The fraction of sp³-hybridized carbons (Fsp3) is 0. The van der Waals surface area contributed by atoms with Gasteiger partial charge in [0.15, 0.2) is 0 Å². The summed E-state index contributed by atoms with van der Waals surface area (Å²) >= 11 is 0. The molecule has 0 aromatic heterocycles. The summed E-state index contributed by atoms with van der Waals surface area (Å²) in [5.74, 6) is 0. The fourth-order valence-corrected chi connectivity index (χ4v) is 1.68. The molecule has 12 heavy (non-hydrogen) atoms. The van der Waals surface area contributed by atoms with E-state index < -0.39 is 10.1 Å². The average molecular weight is 184 g/mol. The van der Waals surface area contributed by atoms with Gasteiger partial charge in [0.1, 0.15) is 10.6 Å². The van der Waals surface area contributed by atoms with E-state index in [1.165, 1.54) is 12.3 Å². The van der Waals surface area contributed by atoms with Crippen LogP contribution in [0.25, 0.3) is 0 Å². The molecule has 0 amide bonds. The van der Waals surface area contributed by atoms with Crippen molar-refractivity contribution in [2.45, 2.75) is 0 Å². The molecule has 1 N–H and O–H groups in total. The molecule has 0 fully saturated rings. The van der Waals surface area contributed by atoms with Gasteiger partial charge in [-0.25, -0.2) is 0 Å². The second-order valence-electron chi connectivity index (χ2n) is 2.32. The van der Waals surface area contributed by atoms with Crippen LogP contribution >= 0.6 is 0 Å². The molecule has 2 aliphatic rings. The summed E-state index contributed by atoms with van der Waals surface area (Å²) < 4.78 is 30.1. The van der Waals surface area contributed by atoms with Crippen LogP contribution < -0.4 is 0 Å². The van der Waals surface area contributed by atoms with Crippen LogP contribution in [0.15, 0.2) is 44.8 Å². The molecule has 2 rings (SSSR count). The lowest BCUT2D eigenvalue weighted by Gasteiger charge is -1.93. The predicted molar refractivity (Wildman–Crippen MR) is 40.7 cm³/mol. The highest BCUT2D eigenvalue weighted by atomic mass is 32.2. The van der Waals surface area contributed by atoms with Crippen molar-refractivity contribution < 1.29 is 13.0 Å². The van der Waals surface area contributed by atoms with E-state index in [9.17, 15) is 8.42 Å². The van der Waals surface area contributed by atoms with Crippen molar-refractivity contribution in [1.82, 2.24) is 0 Å². The number of hydrogen-bond acceptors (Lipinski definition) is 4. The van der Waals surface area contributed by atoms with Gasteiger partial charge in [-0.3, -0.25) is 4.55 Å². The van der Waals surface area contributed by atoms with Gasteiger partial charge in [0.25, 0.3) is 10.1 Å². The van der Waals surface area contributed by atoms with Crippen molar-refractivity contribution in [1.29, 1.82) is 0 Å². The van der Waals surface area contributed by atoms with Crippen LogP contribution in [0.2, 0.25) is 0 Å². The summed E-state index contributed by atoms with van der Waals surface area (Å²) in [5, 5.41) is 7.07. The lowest BCUT2D eigenvalue weighted by atomic mass is 10.3. The standard InChI is InChI=1S/C6H4N2O3S/c9-12(10,11)5-2-1-4-3-7-8-6(4)5/h1-3H,(H,9,10,11). The third kappa shape index (κ3) is 0.926. The molecule has 1 heterocycles. The van der Waals surface area contributed by atoms with E-state index in [1.807, 2.05) is 0 Å². The number of rotatable bonds is 1. The summed E-state index contributed by atoms with van der Waals surface area (Å²) in [6.07, 6.45) is 4.27. The summed E-state index contributed by atoms with van der Waals surface area (Å²) in [6.45, 7) is 0. The van der Waals surface area contributed by atoms with E-state index in [4.69, 9.17) is 4.55 Å². The van der Waals surface area contributed by atoms with Crippen molar-refractivity contribution in [3.63, 3.8) is 0 Å². The van der Waals surface area contributed by atoms with Crippen molar-refractivity contribution in [2.24, 2.45) is 10.2 Å². The van der Waals surface area contributed by atoms with Gasteiger partial charge in [-0.2, -0.15) is 13.5 Å². The van der Waals surface area contributed by atoms with Crippen LogP contribution in [0, 0.1) is 0 Å². The van der Waals surface area contributed by atoms with E-state index in [-0.39, 0.29) is 10.6 Å². The zero-order valence-corrected chi connectivity index (χ0v) is 6.61. The SMILES string of the molecule is O=S(=O)(O)C1=C2N=NC=C2C=C1. The first-order valence-electron chi connectivity index (χ1n) is 3.10. The van der Waals surface area contributed by atoms with E-state index in [0.717, 1.165) is 0 Å². The Morgan fingerprint density at radius 1 is 1.33 bits per heavy atom. The maximum absolute atomic E-state index is 10.7. The Labute approximate surface area is 68.6 Å². The molecule has 5 nitrogen and oxygen atoms in total. The van der Waals surface area contributed by atoms with Gasteiger partial charge in [-0.1, -0.05) is 0 Å². The number of fused-ring (bicyclic) bond motifs is 1. The monoisotopic (exact) mass is 184 g/mol. The van der Waals surface area contributed by atoms with Gasteiger partial charge in [-0.15, -0.1) is 5.11 Å². The van der Waals surface area contributed by atoms with Crippen molar-refractivity contribution in [3.8, 4) is 0 Å². The van der Waals surface area contributed by atoms with Crippen LogP contribution in [-0.2, 0) is 10.1 Å². The molecular weight excluding hydrogens is 180 g/mol. The normalized spacial score (nSPS) is 20.2. The molecular formula is C6H4N2O3S. The van der Waals surface area contributed by atoms with Crippen LogP contribution in [0.4, 0.5) is 0 Å². The molecule has 0 spiro atoms. The molecule has 1 aliphatic carbocycles. The summed E-state index contributed by atoms with van der Waals surface area (Å²) in [4.78, 5) is -0.185. The predicted octanol–water partition coefficient (Wildman–Crippen LogP) is 1.01. The van der Waals surface area contributed by atoms with Crippen LogP contribution in [0.5, 0.6) is 0 Å². The minimum absolute atomic E-state index is 0.185. The maximum Gasteiger partial charge on any atom is 0.296 e. The van der Waals surface area contributed by atoms with Crippen LogP contribution in [0.3, 0.4) is 0 Å². The topological polar surface area (TPSA) is 79.1 Å². The molecule has 1 aliphatic heterocycles. The zero-order valence-electron chi connectivity index (χ0n) is 5.80. The maximum atomic E-state index is 10.7. The number of nitrogens with zero attached hydrogens (tertiary/aromatic N) is 2. The Morgan fingerprint density at radius 2 is 2.08 bits per heavy atom. The van der Waals surface area contributed by atoms with Crippen LogP contribution in [-0.4, -0.2) is 13.0 Å². The Morgan fingerprint density at radius 3 is 2.75 bits per heavy atom. The Kier molecular flexibility index (Phi) is 1.30. The molecule has 6 heteroatoms. The minimum Gasteiger partial charge on any atom is -0.282 e. The van der Waals surface area contributed by atoms with Gasteiger partial charge in [0.05, 0.1) is 6.20 Å². The first kappa shape index (κ1) is 7.38. The van der Waals surface area contributed by atoms with Gasteiger partial charge in [-0.05, 0) is 12.2 Å². The van der Waals surface area contributed by atoms with Crippen LogP contribution in [0.1, 0.15) is 0 Å². The van der Waals surface area contributed by atoms with Gasteiger partial charge in [0, 0.05) is 5.57 Å². The smallest absolute Gasteiger partial charge is 0.282 e. The van der Waals surface area contributed by atoms with Crippen molar-refractivity contribution >= 4 is 10.1 Å². The molecule has 0 atom stereocenters. The zero-order chi connectivity index (χ0) is 8.77. The Balaban J connectivity index is 2.67. The highest BCUT2D eigenvalue weighted by Gasteiger charge is 2.25. The Hall–Kier alpha value is -1.27. The third-order valence-electron chi connectivity index (χ3n) is 1.55. The van der Waals surface area contributed by atoms with E-state index in [1.54, 1.807) is 6.08 Å². The van der Waals surface area contributed by atoms with E-state index in [0.29, 0.717) is 5.57 Å². The lowest BCUT2D eigenvalue weighted by molar-refractivity contribution is 0.492. The summed E-state index contributed by atoms with van der Waals surface area (Å²) in [7, 11) is -4.16. The molecule has 0 aromatic carbocycles. The fourth-order valence-electron chi connectivity index (χ4n) is 1.03. The first-order chi connectivity index (χ1) is 5.59. The second-order valence-corrected chi connectivity index (χ2v) is 3.71. The quantitative estimate of drug-likeness (QED) is 0.617. The molecule has 0 saturated heterocycles. The highest BCUT2D eigenvalue weighted by molar-refractivity contribution is 7.90. The van der Waals surface area contributed by atoms with Crippen molar-refractivity contribution in [2.75, 3.05) is 0 Å². The Bertz CT molecular complexity index is 453. The molecule has 0 bridgehead atoms. The summed E-state index contributed by atoms with van der Waals surface area (Å²) in [5.41, 5.74) is 0.833. The lowest BCUT2D eigenvalue weighted by Crippen LogP contribution is -1.99. The van der Waals surface area contributed by atoms with E-state index in [2.05, 4.69) is 10.2 Å². The number of allylic oxidation sites excluding steroid dienone is 2. The molecule has 0 radical (unpaired) electrons. The van der Waals surface area contributed by atoms with Crippen molar-refractivity contribution in [3.05, 3.63) is 34.5 Å². The van der Waals surface area contributed by atoms with Gasteiger partial charge < -0.3 is 0 Å². The van der Waals surface area contributed by atoms with Gasteiger partial charge >= 0.3 is 0 Å². The largest absolute Gasteiger partial charge is 0.296 e. The second kappa shape index (κ2) is 2.11. The average Bonchev–Trinajstić information content (AvgIpc) is 2.37. The highest BCUT2D eigenvalue weighted by Crippen LogP contribution is 2.32. The molecule has 62 valence electrons. The molecule has 0 saturated carbocycles. The number of azo groups is 1. The first-order valence-corrected chi connectivity index (χ1v) is 4.54. The van der Waals surface area contributed by atoms with E-state index >= 15 is 0 Å². The third-order valence-corrected chi connectivity index (χ3v) is 2.44. The molecule has 0 aromatic rings. The number of hydrogen-bond donors (Lipinski definition) is 1.